The van der Waals surface area contributed by atoms with Crippen LogP contribution in [0.3, 0.4) is 0 Å². The summed E-state index contributed by atoms with van der Waals surface area (Å²) in [5.41, 5.74) is 1.01. The fourth-order valence-electron chi connectivity index (χ4n) is 3.79. The number of carbonyl (C=O) groups is 1. The molecule has 1 aliphatic rings. The summed E-state index contributed by atoms with van der Waals surface area (Å²) in [7, 11) is -3.69. The molecule has 0 bridgehead atoms. The highest BCUT2D eigenvalue weighted by molar-refractivity contribution is 7.89. The van der Waals surface area contributed by atoms with Crippen LogP contribution in [0.5, 0.6) is 0 Å². The zero-order valence-electron chi connectivity index (χ0n) is 16.8. The fraction of sp³-hybridized carbons (Fsp3) is 0.261. The zero-order chi connectivity index (χ0) is 21.8. The highest BCUT2D eigenvalue weighted by Crippen LogP contribution is 2.28. The maximum absolute atomic E-state index is 13.1. The predicted octanol–water partition coefficient (Wildman–Crippen LogP) is 4.19. The van der Waals surface area contributed by atoms with E-state index in [4.69, 9.17) is 0 Å². The molecule has 2 aromatic carbocycles. The molecular weight excluding hydrogens is 435 g/mol. The zero-order valence-corrected chi connectivity index (χ0v) is 18.4. The van der Waals surface area contributed by atoms with Gasteiger partial charge in [-0.25, -0.2) is 12.8 Å². The van der Waals surface area contributed by atoms with E-state index in [1.807, 2.05) is 47.8 Å². The topological polar surface area (TPSA) is 66.5 Å². The Morgan fingerprint density at radius 3 is 2.29 bits per heavy atom. The Morgan fingerprint density at radius 1 is 1.00 bits per heavy atom. The van der Waals surface area contributed by atoms with E-state index in [0.717, 1.165) is 22.6 Å². The number of nitrogens with zero attached hydrogens (tertiary/aromatic N) is 1. The minimum absolute atomic E-state index is 0.0682. The standard InChI is InChI=1S/C23H23FN2O3S2/c24-19-8-10-20(11-9-19)31(28,29)26-14-12-18(13-15-26)23(27)25-22(21-7-4-16-30-21)17-5-2-1-3-6-17/h1-11,16,18,22H,12-15H2,(H,25,27)/t22-/m1/s1. The molecule has 8 heteroatoms. The molecule has 0 aliphatic carbocycles. The molecule has 1 fully saturated rings. The van der Waals surface area contributed by atoms with Gasteiger partial charge in [-0.3, -0.25) is 4.79 Å². The normalized spacial score (nSPS) is 16.7. The molecule has 162 valence electrons. The highest BCUT2D eigenvalue weighted by Gasteiger charge is 2.33. The van der Waals surface area contributed by atoms with Crippen molar-refractivity contribution < 1.29 is 17.6 Å². The number of hydrogen-bond acceptors (Lipinski definition) is 4. The second kappa shape index (κ2) is 9.30. The molecule has 4 rings (SSSR count). The number of nitrogens with one attached hydrogen (secondary N) is 1. The summed E-state index contributed by atoms with van der Waals surface area (Å²) < 4.78 is 40.1. The summed E-state index contributed by atoms with van der Waals surface area (Å²) in [6.07, 6.45) is 0.885. The van der Waals surface area contributed by atoms with Crippen LogP contribution in [-0.2, 0) is 14.8 Å². The van der Waals surface area contributed by atoms with Gasteiger partial charge in [0.15, 0.2) is 0 Å². The Labute approximate surface area is 185 Å². The van der Waals surface area contributed by atoms with Gasteiger partial charge in [0.2, 0.25) is 15.9 Å². The van der Waals surface area contributed by atoms with Crippen LogP contribution in [0.4, 0.5) is 4.39 Å². The second-order valence-corrected chi connectivity index (χ2v) is 10.4. The largest absolute Gasteiger partial charge is 0.344 e. The minimum Gasteiger partial charge on any atom is -0.344 e. The molecule has 1 aliphatic heterocycles. The summed E-state index contributed by atoms with van der Waals surface area (Å²) in [5.74, 6) is -0.806. The average molecular weight is 459 g/mol. The van der Waals surface area contributed by atoms with Gasteiger partial charge in [0.25, 0.3) is 0 Å². The lowest BCUT2D eigenvalue weighted by Gasteiger charge is -2.31. The molecule has 1 amide bonds. The molecule has 31 heavy (non-hydrogen) atoms. The lowest BCUT2D eigenvalue weighted by molar-refractivity contribution is -0.126. The molecule has 0 spiro atoms. The van der Waals surface area contributed by atoms with E-state index in [1.165, 1.54) is 16.4 Å². The van der Waals surface area contributed by atoms with Crippen LogP contribution in [0.15, 0.2) is 77.0 Å². The number of rotatable bonds is 6. The molecule has 2 heterocycles. The van der Waals surface area contributed by atoms with Crippen molar-refractivity contribution in [1.82, 2.24) is 9.62 Å². The Hall–Kier alpha value is -2.55. The Morgan fingerprint density at radius 2 is 1.68 bits per heavy atom. The van der Waals surface area contributed by atoms with E-state index in [2.05, 4.69) is 5.32 Å². The number of amides is 1. The van der Waals surface area contributed by atoms with Crippen LogP contribution in [0.25, 0.3) is 0 Å². The van der Waals surface area contributed by atoms with Crippen molar-refractivity contribution in [2.45, 2.75) is 23.8 Å². The third kappa shape index (κ3) is 4.87. The summed E-state index contributed by atoms with van der Waals surface area (Å²) in [6.45, 7) is 0.513. The van der Waals surface area contributed by atoms with Gasteiger partial charge in [0, 0.05) is 23.9 Å². The third-order valence-electron chi connectivity index (χ3n) is 5.52. The van der Waals surface area contributed by atoms with Crippen molar-refractivity contribution in [3.8, 4) is 0 Å². The molecule has 0 radical (unpaired) electrons. The van der Waals surface area contributed by atoms with Gasteiger partial charge in [-0.05, 0) is 54.1 Å². The van der Waals surface area contributed by atoms with E-state index in [0.29, 0.717) is 12.8 Å². The quantitative estimate of drug-likeness (QED) is 0.602. The van der Waals surface area contributed by atoms with Crippen LogP contribution >= 0.6 is 11.3 Å². The molecule has 0 unspecified atom stereocenters. The molecule has 0 saturated carbocycles. The Bertz CT molecular complexity index is 1110. The van der Waals surface area contributed by atoms with Gasteiger partial charge < -0.3 is 5.32 Å². The van der Waals surface area contributed by atoms with Gasteiger partial charge >= 0.3 is 0 Å². The van der Waals surface area contributed by atoms with Crippen LogP contribution in [-0.4, -0.2) is 31.7 Å². The fourth-order valence-corrected chi connectivity index (χ4v) is 6.07. The maximum Gasteiger partial charge on any atom is 0.243 e. The summed E-state index contributed by atoms with van der Waals surface area (Å²) in [5, 5.41) is 5.14. The SMILES string of the molecule is O=C(N[C@H](c1ccccc1)c1cccs1)C1CCN(S(=O)(=O)c2ccc(F)cc2)CC1. The molecule has 5 nitrogen and oxygen atoms in total. The maximum atomic E-state index is 13.1. The van der Waals surface area contributed by atoms with Crippen molar-refractivity contribution in [2.24, 2.45) is 5.92 Å². The first-order valence-electron chi connectivity index (χ1n) is 10.1. The number of sulfonamides is 1. The Balaban J connectivity index is 1.42. The first kappa shape index (κ1) is 21.7. The minimum atomic E-state index is -3.69. The van der Waals surface area contributed by atoms with Gasteiger partial charge in [-0.2, -0.15) is 4.31 Å². The van der Waals surface area contributed by atoms with Crippen molar-refractivity contribution in [1.29, 1.82) is 0 Å². The van der Waals surface area contributed by atoms with E-state index in [1.54, 1.807) is 11.3 Å². The van der Waals surface area contributed by atoms with Crippen molar-refractivity contribution >= 4 is 27.3 Å². The number of carbonyl (C=O) groups excluding carboxylic acids is 1. The monoisotopic (exact) mass is 458 g/mol. The summed E-state index contributed by atoms with van der Waals surface area (Å²) in [6, 6.07) is 18.4. The number of piperidine rings is 1. The lowest BCUT2D eigenvalue weighted by atomic mass is 9.96. The van der Waals surface area contributed by atoms with Crippen molar-refractivity contribution in [3.05, 3.63) is 88.4 Å². The van der Waals surface area contributed by atoms with Crippen LogP contribution < -0.4 is 5.32 Å². The number of thiophene rings is 1. The molecule has 3 aromatic rings. The van der Waals surface area contributed by atoms with E-state index < -0.39 is 15.8 Å². The average Bonchev–Trinajstić information content (AvgIpc) is 3.33. The molecule has 1 saturated heterocycles. The van der Waals surface area contributed by atoms with E-state index in [-0.39, 0.29) is 35.9 Å². The third-order valence-corrected chi connectivity index (χ3v) is 8.37. The van der Waals surface area contributed by atoms with Crippen LogP contribution in [0.2, 0.25) is 0 Å². The Kier molecular flexibility index (Phi) is 6.50. The summed E-state index contributed by atoms with van der Waals surface area (Å²) in [4.78, 5) is 14.1. The number of halogens is 1. The van der Waals surface area contributed by atoms with Gasteiger partial charge in [-0.15, -0.1) is 11.3 Å². The van der Waals surface area contributed by atoms with Crippen LogP contribution in [0, 0.1) is 11.7 Å². The predicted molar refractivity (Wildman–Crippen MR) is 119 cm³/mol. The summed E-state index contributed by atoms with van der Waals surface area (Å²) >= 11 is 1.59. The van der Waals surface area contributed by atoms with E-state index >= 15 is 0 Å². The van der Waals surface area contributed by atoms with Gasteiger partial charge in [0.05, 0.1) is 10.9 Å². The second-order valence-electron chi connectivity index (χ2n) is 7.50. The first-order chi connectivity index (χ1) is 14.9. The first-order valence-corrected chi connectivity index (χ1v) is 12.4. The lowest BCUT2D eigenvalue weighted by Crippen LogP contribution is -2.43. The molecule has 1 N–H and O–H groups in total. The van der Waals surface area contributed by atoms with Gasteiger partial charge in [-0.1, -0.05) is 36.4 Å². The van der Waals surface area contributed by atoms with Crippen LogP contribution in [0.1, 0.15) is 29.3 Å². The van der Waals surface area contributed by atoms with Gasteiger partial charge in [0.1, 0.15) is 5.82 Å². The molecule has 1 atom stereocenters. The molecule has 1 aromatic heterocycles. The van der Waals surface area contributed by atoms with Crippen molar-refractivity contribution in [2.75, 3.05) is 13.1 Å². The smallest absolute Gasteiger partial charge is 0.243 e. The number of benzene rings is 2. The molecular formula is C23H23FN2O3S2. The highest BCUT2D eigenvalue weighted by atomic mass is 32.2. The number of hydrogen-bond donors (Lipinski definition) is 1. The van der Waals surface area contributed by atoms with Crippen molar-refractivity contribution in [3.63, 3.8) is 0 Å². The van der Waals surface area contributed by atoms with E-state index in [9.17, 15) is 17.6 Å².